The van der Waals surface area contributed by atoms with E-state index >= 15 is 0 Å². The lowest BCUT2D eigenvalue weighted by Gasteiger charge is -2.24. The zero-order valence-electron chi connectivity index (χ0n) is 12.0. The van der Waals surface area contributed by atoms with Gasteiger partial charge in [-0.15, -0.1) is 0 Å². The molecule has 5 nitrogen and oxygen atoms in total. The lowest BCUT2D eigenvalue weighted by molar-refractivity contribution is 0.0468. The van der Waals surface area contributed by atoms with E-state index < -0.39 is 0 Å². The van der Waals surface area contributed by atoms with Gasteiger partial charge in [-0.3, -0.25) is 4.68 Å². The summed E-state index contributed by atoms with van der Waals surface area (Å²) in [7, 11) is 0. The molecule has 0 aliphatic rings. The van der Waals surface area contributed by atoms with Crippen molar-refractivity contribution >= 4 is 0 Å². The average molecular weight is 254 g/mol. The van der Waals surface area contributed by atoms with Crippen molar-refractivity contribution in [2.75, 3.05) is 13.2 Å². The molecule has 1 heterocycles. The summed E-state index contributed by atoms with van der Waals surface area (Å²) in [4.78, 5) is 4.33. The lowest BCUT2D eigenvalue weighted by atomic mass is 10.1. The molecule has 18 heavy (non-hydrogen) atoms. The molecule has 0 aromatic carbocycles. The molecule has 1 aromatic rings. The van der Waals surface area contributed by atoms with E-state index in [2.05, 4.69) is 36.2 Å². The highest BCUT2D eigenvalue weighted by atomic mass is 16.5. The first-order valence-corrected chi connectivity index (χ1v) is 6.94. The summed E-state index contributed by atoms with van der Waals surface area (Å²) in [6.07, 6.45) is 3.79. The third kappa shape index (κ3) is 4.38. The molecule has 0 spiro atoms. The molecule has 0 amide bonds. The Morgan fingerprint density at radius 3 is 2.78 bits per heavy atom. The molecule has 0 aliphatic carbocycles. The summed E-state index contributed by atoms with van der Waals surface area (Å²) in [6, 6.07) is 0.291. The van der Waals surface area contributed by atoms with Crippen molar-refractivity contribution in [1.29, 1.82) is 0 Å². The van der Waals surface area contributed by atoms with Crippen molar-refractivity contribution in [2.24, 2.45) is 0 Å². The Labute approximate surface area is 110 Å². The van der Waals surface area contributed by atoms with Crippen molar-refractivity contribution in [1.82, 2.24) is 20.1 Å². The molecule has 5 heteroatoms. The van der Waals surface area contributed by atoms with Crippen LogP contribution in [0.3, 0.4) is 0 Å². The van der Waals surface area contributed by atoms with Gasteiger partial charge in [0.05, 0.1) is 6.10 Å². The zero-order chi connectivity index (χ0) is 13.4. The van der Waals surface area contributed by atoms with E-state index in [0.717, 1.165) is 38.4 Å². The Bertz CT molecular complexity index is 327. The maximum Gasteiger partial charge on any atom is 0.138 e. The lowest BCUT2D eigenvalue weighted by Crippen LogP contribution is -2.42. The first-order valence-electron chi connectivity index (χ1n) is 6.94. The van der Waals surface area contributed by atoms with E-state index in [1.165, 1.54) is 0 Å². The largest absolute Gasteiger partial charge is 0.377 e. The smallest absolute Gasteiger partial charge is 0.138 e. The Balaban J connectivity index is 2.64. The highest BCUT2D eigenvalue weighted by Gasteiger charge is 2.19. The topological polar surface area (TPSA) is 52.0 Å². The Morgan fingerprint density at radius 2 is 2.17 bits per heavy atom. The second-order valence-electron chi connectivity index (χ2n) is 4.42. The van der Waals surface area contributed by atoms with Crippen LogP contribution in [0.25, 0.3) is 0 Å². The minimum atomic E-state index is 0.184. The van der Waals surface area contributed by atoms with Crippen LogP contribution in [0.15, 0.2) is 6.33 Å². The zero-order valence-corrected chi connectivity index (χ0v) is 12.0. The van der Waals surface area contributed by atoms with Crippen molar-refractivity contribution in [2.45, 2.75) is 59.2 Å². The van der Waals surface area contributed by atoms with Crippen molar-refractivity contribution in [3.63, 3.8) is 0 Å². The highest BCUT2D eigenvalue weighted by Crippen LogP contribution is 2.07. The standard InChI is InChI=1S/C13H26N4O/c1-5-8-14-12(11(4)18-7-3)9-13-15-10-16-17(13)6-2/h10-12,14H,5-9H2,1-4H3. The molecule has 0 fully saturated rings. The molecule has 1 rings (SSSR count). The van der Waals surface area contributed by atoms with Crippen LogP contribution in [0, 0.1) is 0 Å². The van der Waals surface area contributed by atoms with Gasteiger partial charge in [-0.1, -0.05) is 6.92 Å². The summed E-state index contributed by atoms with van der Waals surface area (Å²) in [5, 5.41) is 7.75. The quantitative estimate of drug-likeness (QED) is 0.728. The fraction of sp³-hybridized carbons (Fsp3) is 0.846. The number of aryl methyl sites for hydroxylation is 1. The van der Waals surface area contributed by atoms with E-state index in [1.54, 1.807) is 6.33 Å². The highest BCUT2D eigenvalue weighted by molar-refractivity contribution is 4.92. The molecule has 0 aliphatic heterocycles. The molecular weight excluding hydrogens is 228 g/mol. The van der Waals surface area contributed by atoms with Gasteiger partial charge < -0.3 is 10.1 Å². The van der Waals surface area contributed by atoms with Gasteiger partial charge in [-0.2, -0.15) is 5.10 Å². The van der Waals surface area contributed by atoms with Crippen LogP contribution < -0.4 is 5.32 Å². The molecule has 0 saturated carbocycles. The van der Waals surface area contributed by atoms with E-state index in [4.69, 9.17) is 4.74 Å². The van der Waals surface area contributed by atoms with Gasteiger partial charge in [-0.05, 0) is 33.7 Å². The van der Waals surface area contributed by atoms with Gasteiger partial charge in [0.2, 0.25) is 0 Å². The monoisotopic (exact) mass is 254 g/mol. The van der Waals surface area contributed by atoms with Crippen molar-refractivity contribution in [3.8, 4) is 0 Å². The number of nitrogens with one attached hydrogen (secondary N) is 1. The molecule has 0 radical (unpaired) electrons. The fourth-order valence-electron chi connectivity index (χ4n) is 2.02. The maximum atomic E-state index is 5.70. The minimum absolute atomic E-state index is 0.184. The first kappa shape index (κ1) is 15.1. The van der Waals surface area contributed by atoms with Crippen LogP contribution >= 0.6 is 0 Å². The molecule has 104 valence electrons. The summed E-state index contributed by atoms with van der Waals surface area (Å²) >= 11 is 0. The number of aromatic nitrogens is 3. The predicted molar refractivity (Wildman–Crippen MR) is 72.6 cm³/mol. The number of hydrogen-bond donors (Lipinski definition) is 1. The van der Waals surface area contributed by atoms with Gasteiger partial charge >= 0.3 is 0 Å². The van der Waals surface area contributed by atoms with Crippen LogP contribution in [-0.4, -0.2) is 40.1 Å². The maximum absolute atomic E-state index is 5.70. The second kappa shape index (κ2) is 8.21. The molecule has 2 unspecified atom stereocenters. The minimum Gasteiger partial charge on any atom is -0.377 e. The number of rotatable bonds is 9. The fourth-order valence-corrected chi connectivity index (χ4v) is 2.02. The van der Waals surface area contributed by atoms with Crippen LogP contribution in [0.1, 0.15) is 39.9 Å². The van der Waals surface area contributed by atoms with Gasteiger partial charge in [0.1, 0.15) is 12.2 Å². The molecule has 0 bridgehead atoms. The van der Waals surface area contributed by atoms with Crippen LogP contribution in [0.5, 0.6) is 0 Å². The normalized spacial score (nSPS) is 14.7. The summed E-state index contributed by atoms with van der Waals surface area (Å²) in [5.74, 6) is 1.03. The third-order valence-electron chi connectivity index (χ3n) is 3.05. The summed E-state index contributed by atoms with van der Waals surface area (Å²) < 4.78 is 7.65. The Morgan fingerprint density at radius 1 is 1.39 bits per heavy atom. The van der Waals surface area contributed by atoms with Gasteiger partial charge in [0.25, 0.3) is 0 Å². The van der Waals surface area contributed by atoms with E-state index in [0.29, 0.717) is 6.04 Å². The first-order chi connectivity index (χ1) is 8.72. The van der Waals surface area contributed by atoms with E-state index in [1.807, 2.05) is 11.6 Å². The molecule has 1 N–H and O–H groups in total. The van der Waals surface area contributed by atoms with Gasteiger partial charge in [-0.25, -0.2) is 4.98 Å². The van der Waals surface area contributed by atoms with Gasteiger partial charge in [0.15, 0.2) is 0 Å². The Kier molecular flexibility index (Phi) is 6.90. The van der Waals surface area contributed by atoms with Gasteiger partial charge in [0, 0.05) is 25.6 Å². The molecular formula is C13H26N4O. The van der Waals surface area contributed by atoms with E-state index in [9.17, 15) is 0 Å². The average Bonchev–Trinajstić information content (AvgIpc) is 2.81. The number of ether oxygens (including phenoxy) is 1. The summed E-state index contributed by atoms with van der Waals surface area (Å²) in [5.41, 5.74) is 0. The molecule has 2 atom stereocenters. The predicted octanol–water partition coefficient (Wildman–Crippen LogP) is 1.63. The van der Waals surface area contributed by atoms with Crippen molar-refractivity contribution in [3.05, 3.63) is 12.2 Å². The Hall–Kier alpha value is -0.940. The number of hydrogen-bond acceptors (Lipinski definition) is 4. The SMILES string of the molecule is CCCNC(Cc1ncnn1CC)C(C)OCC. The van der Waals surface area contributed by atoms with Crippen LogP contribution in [0.2, 0.25) is 0 Å². The molecule has 1 aromatic heterocycles. The molecule has 0 saturated heterocycles. The van der Waals surface area contributed by atoms with Crippen LogP contribution in [-0.2, 0) is 17.7 Å². The number of nitrogens with zero attached hydrogens (tertiary/aromatic N) is 3. The van der Waals surface area contributed by atoms with Crippen LogP contribution in [0.4, 0.5) is 0 Å². The summed E-state index contributed by atoms with van der Waals surface area (Å²) in [6.45, 7) is 11.0. The van der Waals surface area contributed by atoms with E-state index in [-0.39, 0.29) is 6.10 Å². The second-order valence-corrected chi connectivity index (χ2v) is 4.42. The third-order valence-corrected chi connectivity index (χ3v) is 3.05. The van der Waals surface area contributed by atoms with Crippen molar-refractivity contribution < 1.29 is 4.74 Å².